The van der Waals surface area contributed by atoms with Crippen LogP contribution >= 0.6 is 0 Å². The summed E-state index contributed by atoms with van der Waals surface area (Å²) in [5.41, 5.74) is 2.58. The highest BCUT2D eigenvalue weighted by Gasteiger charge is 2.26. The van der Waals surface area contributed by atoms with Crippen molar-refractivity contribution in [3.8, 4) is 5.75 Å². The standard InChI is InChI=1S/C20H22N4O2/c1-26-18-7-3-2-6-16(18)17-13-21-9-11-23(17)14-15-12-20(25)24-10-5-4-8-19(24)22-15/h2-8,10,12,17,21H,9,11,13-14H2,1H3. The number of benzene rings is 1. The lowest BCUT2D eigenvalue weighted by molar-refractivity contribution is 0.149. The second kappa shape index (κ2) is 7.27. The molecule has 1 aliphatic rings. The van der Waals surface area contributed by atoms with E-state index < -0.39 is 0 Å². The summed E-state index contributed by atoms with van der Waals surface area (Å²) in [6, 6.07) is 15.5. The predicted molar refractivity (Wildman–Crippen MR) is 100 cm³/mol. The molecule has 1 fully saturated rings. The Morgan fingerprint density at radius 1 is 1.23 bits per heavy atom. The summed E-state index contributed by atoms with van der Waals surface area (Å²) >= 11 is 0. The van der Waals surface area contributed by atoms with Crippen molar-refractivity contribution in [1.82, 2.24) is 19.6 Å². The number of hydrogen-bond acceptors (Lipinski definition) is 5. The van der Waals surface area contributed by atoms with Gasteiger partial charge >= 0.3 is 0 Å². The van der Waals surface area contributed by atoms with E-state index in [9.17, 15) is 4.79 Å². The molecule has 2 aromatic heterocycles. The third-order valence-corrected chi connectivity index (χ3v) is 4.84. The fourth-order valence-electron chi connectivity index (χ4n) is 3.58. The lowest BCUT2D eigenvalue weighted by Crippen LogP contribution is -2.45. The SMILES string of the molecule is COc1ccccc1C1CNCCN1Cc1cc(=O)n2ccccc2n1. The maximum absolute atomic E-state index is 12.4. The summed E-state index contributed by atoms with van der Waals surface area (Å²) < 4.78 is 7.12. The van der Waals surface area contributed by atoms with Crippen LogP contribution in [0.25, 0.3) is 5.65 Å². The Morgan fingerprint density at radius 2 is 2.08 bits per heavy atom. The van der Waals surface area contributed by atoms with E-state index in [1.54, 1.807) is 23.8 Å². The zero-order valence-corrected chi connectivity index (χ0v) is 14.8. The maximum Gasteiger partial charge on any atom is 0.258 e. The molecule has 134 valence electrons. The normalized spacial score (nSPS) is 18.1. The number of methoxy groups -OCH3 is 1. The van der Waals surface area contributed by atoms with Crippen LogP contribution < -0.4 is 15.6 Å². The van der Waals surface area contributed by atoms with Crippen LogP contribution in [0.15, 0.2) is 59.5 Å². The maximum atomic E-state index is 12.4. The van der Waals surface area contributed by atoms with Crippen LogP contribution in [-0.4, -0.2) is 41.0 Å². The van der Waals surface area contributed by atoms with Crippen molar-refractivity contribution in [2.45, 2.75) is 12.6 Å². The molecule has 1 atom stereocenters. The van der Waals surface area contributed by atoms with E-state index in [0.717, 1.165) is 36.6 Å². The van der Waals surface area contributed by atoms with Crippen LogP contribution in [-0.2, 0) is 6.54 Å². The van der Waals surface area contributed by atoms with Gasteiger partial charge in [0.25, 0.3) is 5.56 Å². The molecule has 0 bridgehead atoms. The molecule has 26 heavy (non-hydrogen) atoms. The molecule has 6 nitrogen and oxygen atoms in total. The summed E-state index contributed by atoms with van der Waals surface area (Å²) in [5.74, 6) is 0.887. The van der Waals surface area contributed by atoms with Crippen LogP contribution in [0.2, 0.25) is 0 Å². The number of nitrogens with one attached hydrogen (secondary N) is 1. The number of pyridine rings is 1. The van der Waals surface area contributed by atoms with Gasteiger partial charge in [-0.05, 0) is 18.2 Å². The first-order chi connectivity index (χ1) is 12.8. The Balaban J connectivity index is 1.66. The van der Waals surface area contributed by atoms with Gasteiger partial charge in [-0.25, -0.2) is 4.98 Å². The van der Waals surface area contributed by atoms with Gasteiger partial charge in [0.05, 0.1) is 18.8 Å². The van der Waals surface area contributed by atoms with Crippen molar-refractivity contribution < 1.29 is 4.74 Å². The third-order valence-electron chi connectivity index (χ3n) is 4.84. The molecule has 1 aliphatic heterocycles. The van der Waals surface area contributed by atoms with E-state index >= 15 is 0 Å². The summed E-state index contributed by atoms with van der Waals surface area (Å²) in [6.07, 6.45) is 1.75. The summed E-state index contributed by atoms with van der Waals surface area (Å²) in [6.45, 7) is 3.27. The smallest absolute Gasteiger partial charge is 0.258 e. The van der Waals surface area contributed by atoms with Crippen molar-refractivity contribution in [2.24, 2.45) is 0 Å². The van der Waals surface area contributed by atoms with Gasteiger partial charge in [-0.3, -0.25) is 14.1 Å². The van der Waals surface area contributed by atoms with Gasteiger partial charge in [0.2, 0.25) is 0 Å². The monoisotopic (exact) mass is 350 g/mol. The van der Waals surface area contributed by atoms with Crippen LogP contribution in [0.3, 0.4) is 0 Å². The average Bonchev–Trinajstić information content (AvgIpc) is 2.68. The molecule has 1 aromatic carbocycles. The molecular weight excluding hydrogens is 328 g/mol. The molecule has 0 amide bonds. The van der Waals surface area contributed by atoms with E-state index in [-0.39, 0.29) is 11.6 Å². The van der Waals surface area contributed by atoms with Gasteiger partial charge in [-0.1, -0.05) is 24.3 Å². The lowest BCUT2D eigenvalue weighted by Gasteiger charge is -2.36. The summed E-state index contributed by atoms with van der Waals surface area (Å²) in [7, 11) is 1.70. The van der Waals surface area contributed by atoms with Crippen LogP contribution in [0.5, 0.6) is 5.75 Å². The first-order valence-electron chi connectivity index (χ1n) is 8.81. The second-order valence-corrected chi connectivity index (χ2v) is 6.45. The molecule has 1 N–H and O–H groups in total. The van der Waals surface area contributed by atoms with Gasteiger partial charge in [-0.2, -0.15) is 0 Å². The molecule has 0 aliphatic carbocycles. The van der Waals surface area contributed by atoms with Gasteiger partial charge in [0, 0.05) is 44.0 Å². The van der Waals surface area contributed by atoms with Crippen molar-refractivity contribution in [3.63, 3.8) is 0 Å². The molecule has 0 radical (unpaired) electrons. The molecule has 0 spiro atoms. The highest BCUT2D eigenvalue weighted by atomic mass is 16.5. The van der Waals surface area contributed by atoms with E-state index in [0.29, 0.717) is 12.2 Å². The number of aromatic nitrogens is 2. The van der Waals surface area contributed by atoms with E-state index in [4.69, 9.17) is 4.74 Å². The largest absolute Gasteiger partial charge is 0.496 e. The molecule has 4 rings (SSSR count). The highest BCUT2D eigenvalue weighted by Crippen LogP contribution is 2.30. The predicted octanol–water partition coefficient (Wildman–Crippen LogP) is 1.85. The molecule has 1 saturated heterocycles. The van der Waals surface area contributed by atoms with E-state index in [1.165, 1.54) is 0 Å². The molecular formula is C20H22N4O2. The van der Waals surface area contributed by atoms with Gasteiger partial charge in [0.1, 0.15) is 11.4 Å². The molecule has 0 saturated carbocycles. The Morgan fingerprint density at radius 3 is 2.96 bits per heavy atom. The minimum atomic E-state index is -0.0467. The highest BCUT2D eigenvalue weighted by molar-refractivity contribution is 5.39. The van der Waals surface area contributed by atoms with Crippen LogP contribution in [0.4, 0.5) is 0 Å². The number of rotatable bonds is 4. The fourth-order valence-corrected chi connectivity index (χ4v) is 3.58. The number of ether oxygens (including phenoxy) is 1. The minimum Gasteiger partial charge on any atom is -0.496 e. The van der Waals surface area contributed by atoms with Crippen LogP contribution in [0, 0.1) is 0 Å². The Bertz CT molecular complexity index is 969. The zero-order chi connectivity index (χ0) is 17.9. The molecule has 6 heteroatoms. The zero-order valence-electron chi connectivity index (χ0n) is 14.8. The average molecular weight is 350 g/mol. The van der Waals surface area contributed by atoms with Gasteiger partial charge in [0.15, 0.2) is 0 Å². The minimum absolute atomic E-state index is 0.0467. The van der Waals surface area contributed by atoms with Crippen molar-refractivity contribution in [1.29, 1.82) is 0 Å². The molecule has 3 aromatic rings. The number of fused-ring (bicyclic) bond motifs is 1. The summed E-state index contributed by atoms with van der Waals surface area (Å²) in [4.78, 5) is 19.4. The Labute approximate surface area is 152 Å². The third kappa shape index (κ3) is 3.21. The molecule has 3 heterocycles. The number of piperazine rings is 1. The lowest BCUT2D eigenvalue weighted by atomic mass is 10.0. The van der Waals surface area contributed by atoms with Crippen LogP contribution in [0.1, 0.15) is 17.3 Å². The van der Waals surface area contributed by atoms with Gasteiger partial charge < -0.3 is 10.1 Å². The Kier molecular flexibility index (Phi) is 4.69. The topological polar surface area (TPSA) is 58.9 Å². The quantitative estimate of drug-likeness (QED) is 0.778. The van der Waals surface area contributed by atoms with Crippen molar-refractivity contribution in [3.05, 3.63) is 76.3 Å². The van der Waals surface area contributed by atoms with Crippen molar-refractivity contribution in [2.75, 3.05) is 26.7 Å². The second-order valence-electron chi connectivity index (χ2n) is 6.45. The Hall–Kier alpha value is -2.70. The fraction of sp³-hybridized carbons (Fsp3) is 0.300. The number of nitrogens with zero attached hydrogens (tertiary/aromatic N) is 3. The van der Waals surface area contributed by atoms with Crippen molar-refractivity contribution >= 4 is 5.65 Å². The first-order valence-corrected chi connectivity index (χ1v) is 8.81. The number of para-hydroxylation sites is 1. The number of hydrogen-bond donors (Lipinski definition) is 1. The molecule has 1 unspecified atom stereocenters. The first kappa shape index (κ1) is 16.8. The van der Waals surface area contributed by atoms with E-state index in [1.807, 2.05) is 36.4 Å². The van der Waals surface area contributed by atoms with Gasteiger partial charge in [-0.15, -0.1) is 0 Å². The summed E-state index contributed by atoms with van der Waals surface area (Å²) in [5, 5.41) is 3.46. The van der Waals surface area contributed by atoms with E-state index in [2.05, 4.69) is 21.3 Å².